The second kappa shape index (κ2) is 8.05. The van der Waals surface area contributed by atoms with Crippen LogP contribution < -0.4 is 9.64 Å². The summed E-state index contributed by atoms with van der Waals surface area (Å²) in [6, 6.07) is 11.8. The van der Waals surface area contributed by atoms with E-state index in [0.717, 1.165) is 5.56 Å². The Morgan fingerprint density at radius 3 is 2.72 bits per heavy atom. The summed E-state index contributed by atoms with van der Waals surface area (Å²) >= 11 is 0. The maximum atomic E-state index is 14.7. The minimum atomic E-state index is -0.499. The second-order valence-electron chi connectivity index (χ2n) is 6.87. The highest BCUT2D eigenvalue weighted by Gasteiger charge is 2.35. The molecule has 2 amide bonds. The van der Waals surface area contributed by atoms with Gasteiger partial charge in [0.2, 0.25) is 5.91 Å². The van der Waals surface area contributed by atoms with E-state index in [-0.39, 0.29) is 23.7 Å². The van der Waals surface area contributed by atoms with Gasteiger partial charge in [0.05, 0.1) is 38.1 Å². The number of hydrogen-bond acceptors (Lipinski definition) is 4. The smallest absolute Gasteiger partial charge is 0.259 e. The quantitative estimate of drug-likeness (QED) is 0.746. The van der Waals surface area contributed by atoms with Gasteiger partial charge < -0.3 is 19.3 Å². The van der Waals surface area contributed by atoms with E-state index in [1.165, 1.54) is 17.0 Å². The van der Waals surface area contributed by atoms with Crippen LogP contribution in [-0.2, 0) is 20.9 Å². The third kappa shape index (κ3) is 3.73. The van der Waals surface area contributed by atoms with Crippen LogP contribution >= 0.6 is 0 Å². The van der Waals surface area contributed by atoms with Crippen molar-refractivity contribution in [2.75, 3.05) is 38.3 Å². The van der Waals surface area contributed by atoms with E-state index in [1.54, 1.807) is 36.3 Å². The van der Waals surface area contributed by atoms with E-state index in [4.69, 9.17) is 9.47 Å². The van der Waals surface area contributed by atoms with Crippen molar-refractivity contribution >= 4 is 23.1 Å². The second-order valence-corrected chi connectivity index (χ2v) is 6.87. The molecule has 29 heavy (non-hydrogen) atoms. The van der Waals surface area contributed by atoms with E-state index < -0.39 is 11.7 Å². The van der Waals surface area contributed by atoms with E-state index >= 15 is 0 Å². The molecule has 0 N–H and O–H groups in total. The number of benzene rings is 2. The van der Waals surface area contributed by atoms with E-state index in [9.17, 15) is 14.0 Å². The van der Waals surface area contributed by atoms with Crippen molar-refractivity contribution in [1.29, 1.82) is 0 Å². The summed E-state index contributed by atoms with van der Waals surface area (Å²) in [6.45, 7) is 2.06. The van der Waals surface area contributed by atoms with Gasteiger partial charge in [-0.05, 0) is 23.8 Å². The Bertz CT molecular complexity index is 983. The van der Waals surface area contributed by atoms with Crippen molar-refractivity contribution in [3.63, 3.8) is 0 Å². The number of methoxy groups -OCH3 is 1. The molecule has 2 aliphatic rings. The third-order valence-electron chi connectivity index (χ3n) is 5.09. The highest BCUT2D eigenvalue weighted by Crippen LogP contribution is 2.39. The molecule has 2 heterocycles. The Balaban J connectivity index is 1.68. The van der Waals surface area contributed by atoms with Crippen LogP contribution in [0.15, 0.2) is 48.5 Å². The lowest BCUT2D eigenvalue weighted by Gasteiger charge is -2.25. The molecule has 0 unspecified atom stereocenters. The molecule has 1 fully saturated rings. The Morgan fingerprint density at radius 1 is 1.21 bits per heavy atom. The molecule has 7 heteroatoms. The Morgan fingerprint density at radius 2 is 1.97 bits per heavy atom. The van der Waals surface area contributed by atoms with Crippen LogP contribution in [0.4, 0.5) is 10.1 Å². The van der Waals surface area contributed by atoms with Crippen LogP contribution in [0.25, 0.3) is 5.57 Å². The summed E-state index contributed by atoms with van der Waals surface area (Å²) in [4.78, 5) is 28.8. The van der Waals surface area contributed by atoms with Gasteiger partial charge in [0.1, 0.15) is 11.6 Å². The van der Waals surface area contributed by atoms with Gasteiger partial charge in [-0.15, -0.1) is 0 Å². The predicted molar refractivity (Wildman–Crippen MR) is 106 cm³/mol. The van der Waals surface area contributed by atoms with Crippen molar-refractivity contribution in [1.82, 2.24) is 4.90 Å². The molecule has 0 aliphatic carbocycles. The molecule has 150 valence electrons. The van der Waals surface area contributed by atoms with E-state index in [1.807, 2.05) is 12.1 Å². The fourth-order valence-corrected chi connectivity index (χ4v) is 3.61. The first-order chi connectivity index (χ1) is 14.1. The largest absolute Gasteiger partial charge is 0.497 e. The molecule has 0 atom stereocenters. The molecule has 0 bridgehead atoms. The normalized spacial score (nSPS) is 17.6. The number of morpholine rings is 1. The summed E-state index contributed by atoms with van der Waals surface area (Å²) in [7, 11) is 1.56. The molecule has 2 aliphatic heterocycles. The Hall–Kier alpha value is -3.19. The first kappa shape index (κ1) is 19.1. The number of rotatable bonds is 4. The van der Waals surface area contributed by atoms with E-state index in [0.29, 0.717) is 37.6 Å². The van der Waals surface area contributed by atoms with Gasteiger partial charge in [-0.1, -0.05) is 24.3 Å². The fraction of sp³-hybridized carbons (Fsp3) is 0.273. The maximum Gasteiger partial charge on any atom is 0.259 e. The molecule has 0 spiro atoms. The summed E-state index contributed by atoms with van der Waals surface area (Å²) in [5.41, 5.74) is 1.63. The SMILES string of the molecule is COc1cccc(CN2C(=O)C(=CC(=O)N3CCOCC3)c3cccc(F)c32)c1. The average molecular weight is 396 g/mol. The molecule has 1 saturated heterocycles. The van der Waals surface area contributed by atoms with Gasteiger partial charge in [0.25, 0.3) is 5.91 Å². The van der Waals surface area contributed by atoms with Gasteiger partial charge >= 0.3 is 0 Å². The lowest BCUT2D eigenvalue weighted by molar-refractivity contribution is -0.130. The molecule has 0 radical (unpaired) electrons. The molecule has 2 aromatic carbocycles. The molecular formula is C22H21FN2O4. The Kier molecular flexibility index (Phi) is 5.31. The number of hydrogen-bond donors (Lipinski definition) is 0. The number of halogens is 1. The van der Waals surface area contributed by atoms with Gasteiger partial charge in [-0.2, -0.15) is 0 Å². The van der Waals surface area contributed by atoms with Gasteiger partial charge in [-0.25, -0.2) is 4.39 Å². The maximum absolute atomic E-state index is 14.7. The topological polar surface area (TPSA) is 59.1 Å². The highest BCUT2D eigenvalue weighted by molar-refractivity contribution is 6.34. The lowest BCUT2D eigenvalue weighted by atomic mass is 10.1. The van der Waals surface area contributed by atoms with Crippen molar-refractivity contribution in [3.8, 4) is 5.75 Å². The fourth-order valence-electron chi connectivity index (χ4n) is 3.61. The number of para-hydroxylation sites is 1. The van der Waals surface area contributed by atoms with Crippen LogP contribution in [0, 0.1) is 5.82 Å². The third-order valence-corrected chi connectivity index (χ3v) is 5.09. The van der Waals surface area contributed by atoms with Crippen LogP contribution in [0.5, 0.6) is 5.75 Å². The summed E-state index contributed by atoms with van der Waals surface area (Å²) < 4.78 is 25.2. The molecule has 2 aromatic rings. The minimum absolute atomic E-state index is 0.174. The minimum Gasteiger partial charge on any atom is -0.497 e. The first-order valence-corrected chi connectivity index (χ1v) is 9.40. The monoisotopic (exact) mass is 396 g/mol. The zero-order chi connectivity index (χ0) is 20.4. The van der Waals surface area contributed by atoms with Crippen LogP contribution in [0.2, 0.25) is 0 Å². The molecule has 4 rings (SSSR count). The molecular weight excluding hydrogens is 375 g/mol. The predicted octanol–water partition coefficient (Wildman–Crippen LogP) is 2.62. The van der Waals surface area contributed by atoms with Gasteiger partial charge in [0.15, 0.2) is 0 Å². The Labute approximate surface area is 168 Å². The van der Waals surface area contributed by atoms with Crippen molar-refractivity contribution in [2.45, 2.75) is 6.54 Å². The number of anilines is 1. The summed E-state index contributed by atoms with van der Waals surface area (Å²) in [6.07, 6.45) is 1.32. The van der Waals surface area contributed by atoms with Gasteiger partial charge in [0, 0.05) is 24.7 Å². The van der Waals surface area contributed by atoms with Crippen molar-refractivity contribution < 1.29 is 23.5 Å². The highest BCUT2D eigenvalue weighted by atomic mass is 19.1. The number of nitrogens with zero attached hydrogens (tertiary/aromatic N) is 2. The average Bonchev–Trinajstić information content (AvgIpc) is 3.01. The van der Waals surface area contributed by atoms with Crippen molar-refractivity contribution in [2.24, 2.45) is 0 Å². The molecule has 6 nitrogen and oxygen atoms in total. The number of fused-ring (bicyclic) bond motifs is 1. The number of carbonyl (C=O) groups excluding carboxylic acids is 2. The van der Waals surface area contributed by atoms with E-state index in [2.05, 4.69) is 0 Å². The summed E-state index contributed by atoms with van der Waals surface area (Å²) in [5, 5.41) is 0. The number of carbonyl (C=O) groups is 2. The van der Waals surface area contributed by atoms with Crippen LogP contribution in [0.1, 0.15) is 11.1 Å². The zero-order valence-electron chi connectivity index (χ0n) is 16.1. The van der Waals surface area contributed by atoms with Crippen LogP contribution in [0.3, 0.4) is 0 Å². The number of amides is 2. The standard InChI is InChI=1S/C22H21FN2O4/c1-28-16-5-2-4-15(12-16)14-25-21-17(6-3-7-19(21)23)18(22(25)27)13-20(26)24-8-10-29-11-9-24/h2-7,12-13H,8-11,14H2,1H3. The molecule has 0 saturated carbocycles. The molecule has 0 aromatic heterocycles. The van der Waals surface area contributed by atoms with Gasteiger partial charge in [-0.3, -0.25) is 9.59 Å². The van der Waals surface area contributed by atoms with Crippen molar-refractivity contribution in [3.05, 3.63) is 65.5 Å². The first-order valence-electron chi connectivity index (χ1n) is 9.40. The number of ether oxygens (including phenoxy) is 2. The van der Waals surface area contributed by atoms with Crippen LogP contribution in [-0.4, -0.2) is 50.1 Å². The lowest BCUT2D eigenvalue weighted by Crippen LogP contribution is -2.40. The zero-order valence-corrected chi connectivity index (χ0v) is 16.1. The summed E-state index contributed by atoms with van der Waals surface area (Å²) in [5.74, 6) is -0.508.